The standard InChI is InChI=1S/C13H19N3O/c1-3-6-14-9-12-5-8-17-13(12)10-16-11(2)4-7-15-16/h4-5,7-8,14H,3,6,9-10H2,1-2H3. The van der Waals surface area contributed by atoms with Crippen LogP contribution >= 0.6 is 0 Å². The molecule has 4 heteroatoms. The van der Waals surface area contributed by atoms with Crippen molar-refractivity contribution in [2.75, 3.05) is 6.54 Å². The lowest BCUT2D eigenvalue weighted by atomic mass is 10.2. The van der Waals surface area contributed by atoms with Crippen molar-refractivity contribution in [3.8, 4) is 0 Å². The van der Waals surface area contributed by atoms with Crippen molar-refractivity contribution < 1.29 is 4.42 Å². The summed E-state index contributed by atoms with van der Waals surface area (Å²) in [7, 11) is 0. The summed E-state index contributed by atoms with van der Waals surface area (Å²) in [6.07, 6.45) is 4.70. The van der Waals surface area contributed by atoms with Crippen LogP contribution in [-0.2, 0) is 13.1 Å². The first kappa shape index (κ1) is 11.9. The topological polar surface area (TPSA) is 43.0 Å². The number of nitrogens with zero attached hydrogens (tertiary/aromatic N) is 2. The Kier molecular flexibility index (Phi) is 3.98. The van der Waals surface area contributed by atoms with Gasteiger partial charge in [0.1, 0.15) is 5.76 Å². The van der Waals surface area contributed by atoms with Crippen LogP contribution in [0, 0.1) is 6.92 Å². The van der Waals surface area contributed by atoms with Gasteiger partial charge in [-0.05, 0) is 32.0 Å². The lowest BCUT2D eigenvalue weighted by molar-refractivity contribution is 0.469. The molecule has 2 heterocycles. The molecule has 2 aromatic heterocycles. The fourth-order valence-electron chi connectivity index (χ4n) is 1.76. The summed E-state index contributed by atoms with van der Waals surface area (Å²) in [5.41, 5.74) is 2.36. The van der Waals surface area contributed by atoms with Gasteiger partial charge in [-0.1, -0.05) is 6.92 Å². The lowest BCUT2D eigenvalue weighted by Gasteiger charge is -2.06. The van der Waals surface area contributed by atoms with E-state index in [1.807, 2.05) is 29.9 Å². The Morgan fingerprint density at radius 1 is 1.41 bits per heavy atom. The van der Waals surface area contributed by atoms with E-state index in [0.29, 0.717) is 6.54 Å². The quantitative estimate of drug-likeness (QED) is 0.779. The number of hydrogen-bond donors (Lipinski definition) is 1. The Morgan fingerprint density at radius 2 is 2.29 bits per heavy atom. The van der Waals surface area contributed by atoms with Gasteiger partial charge < -0.3 is 9.73 Å². The molecule has 1 N–H and O–H groups in total. The van der Waals surface area contributed by atoms with Gasteiger partial charge in [-0.3, -0.25) is 4.68 Å². The summed E-state index contributed by atoms with van der Waals surface area (Å²) >= 11 is 0. The van der Waals surface area contributed by atoms with Gasteiger partial charge in [0.15, 0.2) is 0 Å². The second kappa shape index (κ2) is 5.68. The van der Waals surface area contributed by atoms with Gasteiger partial charge in [-0.15, -0.1) is 0 Å². The Morgan fingerprint density at radius 3 is 3.00 bits per heavy atom. The van der Waals surface area contributed by atoms with E-state index in [-0.39, 0.29) is 0 Å². The molecule has 17 heavy (non-hydrogen) atoms. The van der Waals surface area contributed by atoms with Crippen LogP contribution in [0.5, 0.6) is 0 Å². The average Bonchev–Trinajstić information content (AvgIpc) is 2.91. The molecule has 0 aliphatic rings. The van der Waals surface area contributed by atoms with Crippen molar-refractivity contribution in [3.05, 3.63) is 41.6 Å². The van der Waals surface area contributed by atoms with E-state index < -0.39 is 0 Å². The molecule has 0 saturated heterocycles. The van der Waals surface area contributed by atoms with E-state index in [0.717, 1.165) is 31.0 Å². The molecular formula is C13H19N3O. The minimum atomic E-state index is 0.703. The fourth-order valence-corrected chi connectivity index (χ4v) is 1.76. The van der Waals surface area contributed by atoms with Crippen molar-refractivity contribution in [2.24, 2.45) is 0 Å². The molecule has 0 bridgehead atoms. The van der Waals surface area contributed by atoms with Crippen LogP contribution in [0.4, 0.5) is 0 Å². The van der Waals surface area contributed by atoms with E-state index in [4.69, 9.17) is 4.42 Å². The van der Waals surface area contributed by atoms with E-state index >= 15 is 0 Å². The normalized spacial score (nSPS) is 10.9. The zero-order valence-electron chi connectivity index (χ0n) is 10.4. The van der Waals surface area contributed by atoms with Crippen LogP contribution in [0.15, 0.2) is 29.0 Å². The molecule has 0 aliphatic carbocycles. The van der Waals surface area contributed by atoms with Crippen LogP contribution in [-0.4, -0.2) is 16.3 Å². The molecule has 0 amide bonds. The molecular weight excluding hydrogens is 214 g/mol. The molecule has 4 nitrogen and oxygen atoms in total. The Hall–Kier alpha value is -1.55. The Bertz CT molecular complexity index is 459. The van der Waals surface area contributed by atoms with Gasteiger partial charge in [0.05, 0.1) is 12.8 Å². The van der Waals surface area contributed by atoms with Crippen molar-refractivity contribution in [1.29, 1.82) is 0 Å². The average molecular weight is 233 g/mol. The number of aromatic nitrogens is 2. The summed E-state index contributed by atoms with van der Waals surface area (Å²) in [4.78, 5) is 0. The highest BCUT2D eigenvalue weighted by Gasteiger charge is 2.08. The summed E-state index contributed by atoms with van der Waals surface area (Å²) in [6, 6.07) is 4.02. The van der Waals surface area contributed by atoms with Crippen molar-refractivity contribution in [2.45, 2.75) is 33.4 Å². The maximum absolute atomic E-state index is 5.52. The molecule has 0 atom stereocenters. The third-order valence-corrected chi connectivity index (χ3v) is 2.80. The summed E-state index contributed by atoms with van der Waals surface area (Å²) in [5.74, 6) is 0.986. The molecule has 0 aromatic carbocycles. The highest BCUT2D eigenvalue weighted by molar-refractivity contribution is 5.17. The molecule has 0 saturated carbocycles. The molecule has 0 spiro atoms. The first-order valence-corrected chi connectivity index (χ1v) is 6.05. The van der Waals surface area contributed by atoms with Gasteiger partial charge in [0, 0.05) is 24.0 Å². The maximum atomic E-state index is 5.52. The monoisotopic (exact) mass is 233 g/mol. The van der Waals surface area contributed by atoms with E-state index in [2.05, 4.69) is 17.3 Å². The minimum Gasteiger partial charge on any atom is -0.467 e. The third-order valence-electron chi connectivity index (χ3n) is 2.80. The van der Waals surface area contributed by atoms with Gasteiger partial charge in [0.2, 0.25) is 0 Å². The van der Waals surface area contributed by atoms with Crippen molar-refractivity contribution in [1.82, 2.24) is 15.1 Å². The molecule has 0 unspecified atom stereocenters. The molecule has 0 fully saturated rings. The smallest absolute Gasteiger partial charge is 0.129 e. The van der Waals surface area contributed by atoms with E-state index in [9.17, 15) is 0 Å². The number of furan rings is 1. The van der Waals surface area contributed by atoms with Gasteiger partial charge >= 0.3 is 0 Å². The predicted molar refractivity (Wildman–Crippen MR) is 66.8 cm³/mol. The zero-order chi connectivity index (χ0) is 12.1. The van der Waals surface area contributed by atoms with Crippen LogP contribution in [0.3, 0.4) is 0 Å². The molecule has 2 aromatic rings. The molecule has 0 aliphatic heterocycles. The van der Waals surface area contributed by atoms with Crippen LogP contribution in [0.2, 0.25) is 0 Å². The first-order valence-electron chi connectivity index (χ1n) is 6.05. The SMILES string of the molecule is CCCNCc1ccoc1Cn1nccc1C. The highest BCUT2D eigenvalue weighted by Crippen LogP contribution is 2.12. The Labute approximate surface area is 102 Å². The maximum Gasteiger partial charge on any atom is 0.129 e. The number of hydrogen-bond acceptors (Lipinski definition) is 3. The summed E-state index contributed by atoms with van der Waals surface area (Å²) in [5, 5.41) is 7.65. The molecule has 92 valence electrons. The van der Waals surface area contributed by atoms with Crippen LogP contribution in [0.25, 0.3) is 0 Å². The number of aryl methyl sites for hydroxylation is 1. The summed E-state index contributed by atoms with van der Waals surface area (Å²) in [6.45, 7) is 6.81. The first-order chi connectivity index (χ1) is 8.31. The van der Waals surface area contributed by atoms with Crippen molar-refractivity contribution >= 4 is 0 Å². The number of nitrogens with one attached hydrogen (secondary N) is 1. The van der Waals surface area contributed by atoms with Crippen LogP contribution < -0.4 is 5.32 Å². The summed E-state index contributed by atoms with van der Waals surface area (Å²) < 4.78 is 7.47. The Balaban J connectivity index is 2.01. The lowest BCUT2D eigenvalue weighted by Crippen LogP contribution is -2.15. The predicted octanol–water partition coefficient (Wildman–Crippen LogP) is 2.33. The van der Waals surface area contributed by atoms with Crippen molar-refractivity contribution in [3.63, 3.8) is 0 Å². The van der Waals surface area contributed by atoms with Gasteiger partial charge in [0.25, 0.3) is 0 Å². The van der Waals surface area contributed by atoms with E-state index in [1.165, 1.54) is 5.56 Å². The zero-order valence-corrected chi connectivity index (χ0v) is 10.4. The van der Waals surface area contributed by atoms with Crippen LogP contribution in [0.1, 0.15) is 30.4 Å². The molecule has 0 radical (unpaired) electrons. The second-order valence-electron chi connectivity index (χ2n) is 4.18. The second-order valence-corrected chi connectivity index (χ2v) is 4.18. The largest absolute Gasteiger partial charge is 0.467 e. The third kappa shape index (κ3) is 2.97. The fraction of sp³-hybridized carbons (Fsp3) is 0.462. The highest BCUT2D eigenvalue weighted by atomic mass is 16.3. The molecule has 2 rings (SSSR count). The van der Waals surface area contributed by atoms with E-state index in [1.54, 1.807) is 6.26 Å². The minimum absolute atomic E-state index is 0.703. The van der Waals surface area contributed by atoms with Gasteiger partial charge in [-0.2, -0.15) is 5.10 Å². The number of rotatable bonds is 6. The van der Waals surface area contributed by atoms with Gasteiger partial charge in [-0.25, -0.2) is 0 Å².